The fourth-order valence-electron chi connectivity index (χ4n) is 8.62. The number of benzene rings is 2. The van der Waals surface area contributed by atoms with Gasteiger partial charge in [0.1, 0.15) is 29.5 Å². The number of nitriles is 1. The third-order valence-electron chi connectivity index (χ3n) is 10.3. The molecule has 0 spiro atoms. The van der Waals surface area contributed by atoms with Gasteiger partial charge in [0.15, 0.2) is 23.0 Å². The van der Waals surface area contributed by atoms with Gasteiger partial charge in [-0.25, -0.2) is 9.59 Å². The first-order chi connectivity index (χ1) is 24.1. The zero-order valence-corrected chi connectivity index (χ0v) is 30.7. The number of phenolic OH excluding ortho intramolecular Hbond substituents is 1. The van der Waals surface area contributed by atoms with E-state index in [1.165, 1.54) is 25.8 Å². The van der Waals surface area contributed by atoms with E-state index >= 15 is 0 Å². The summed E-state index contributed by atoms with van der Waals surface area (Å²) in [5, 5.41) is 25.3. The number of carbonyl (C=O) groups excluding carboxylic acids is 3. The maximum atomic E-state index is 13.8. The molecule has 8 rings (SSSR count). The van der Waals surface area contributed by atoms with Crippen molar-refractivity contribution in [2.75, 3.05) is 39.9 Å². The molecule has 7 atom stereocenters. The second-order valence-electron chi connectivity index (χ2n) is 14.8. The number of cyclic esters (lactones) is 1. The second-order valence-corrected chi connectivity index (χ2v) is 15.9. The standard InChI is InChI=1S/C36H42N4O10S/c1-16-9-19-10-36(13-37)14-39(7)25(22(19)27(42)28(16)45-8)26-32-24-23(31-30(47-15-48-31)17(2)29(24)49-18(3)41)21(40(26)36)11-46-33(43)20(12-51-32)38-34(44)50-35(4,5)6/h9,20-21,25-26,32,42H,10-12,14-15H2,1-8H3,(H,38,44)/t20?,21-,25-,26?,32+,36?/m0/s1. The van der Waals surface area contributed by atoms with Crippen molar-refractivity contribution in [2.24, 2.45) is 0 Å². The Morgan fingerprint density at radius 3 is 2.53 bits per heavy atom. The number of aromatic hydroxyl groups is 1. The minimum absolute atomic E-state index is 0.00361. The van der Waals surface area contributed by atoms with Gasteiger partial charge in [-0.1, -0.05) is 6.07 Å². The number of thioether (sulfide) groups is 1. The molecule has 0 radical (unpaired) electrons. The van der Waals surface area contributed by atoms with Crippen LogP contribution in [0.3, 0.4) is 0 Å². The lowest BCUT2D eigenvalue weighted by Gasteiger charge is -2.60. The molecule has 6 aliphatic rings. The molecule has 2 fully saturated rings. The molecule has 4 unspecified atom stereocenters. The minimum Gasteiger partial charge on any atom is -0.504 e. The topological polar surface area (TPSA) is 169 Å². The van der Waals surface area contributed by atoms with Crippen LogP contribution in [0, 0.1) is 25.2 Å². The summed E-state index contributed by atoms with van der Waals surface area (Å²) < 4.78 is 35.4. The highest BCUT2D eigenvalue weighted by Crippen LogP contribution is 2.65. The Labute approximate surface area is 300 Å². The number of hydrogen-bond donors (Lipinski definition) is 2. The fraction of sp³-hybridized carbons (Fsp3) is 0.556. The van der Waals surface area contributed by atoms with Gasteiger partial charge in [-0.3, -0.25) is 14.6 Å². The molecule has 272 valence electrons. The summed E-state index contributed by atoms with van der Waals surface area (Å²) >= 11 is 1.36. The molecule has 51 heavy (non-hydrogen) atoms. The van der Waals surface area contributed by atoms with Gasteiger partial charge in [-0.15, -0.1) is 11.8 Å². The highest BCUT2D eigenvalue weighted by Gasteiger charge is 2.63. The molecule has 0 aliphatic carbocycles. The Kier molecular flexibility index (Phi) is 8.51. The van der Waals surface area contributed by atoms with E-state index in [9.17, 15) is 24.8 Å². The van der Waals surface area contributed by atoms with E-state index in [-0.39, 0.29) is 31.3 Å². The monoisotopic (exact) mass is 722 g/mol. The Morgan fingerprint density at radius 2 is 1.86 bits per heavy atom. The van der Waals surface area contributed by atoms with E-state index in [1.807, 2.05) is 20.0 Å². The Bertz CT molecular complexity index is 1890. The Hall–Kier alpha value is -4.39. The van der Waals surface area contributed by atoms with Gasteiger partial charge >= 0.3 is 18.0 Å². The average Bonchev–Trinajstić information content (AvgIpc) is 3.45. The molecule has 15 heteroatoms. The van der Waals surface area contributed by atoms with Crippen molar-refractivity contribution < 1.29 is 47.9 Å². The van der Waals surface area contributed by atoms with E-state index in [1.54, 1.807) is 27.7 Å². The maximum absolute atomic E-state index is 13.8. The number of aryl methyl sites for hydroxylation is 1. The predicted molar refractivity (Wildman–Crippen MR) is 183 cm³/mol. The smallest absolute Gasteiger partial charge is 0.408 e. The van der Waals surface area contributed by atoms with Crippen LogP contribution in [0.5, 0.6) is 28.7 Å². The predicted octanol–water partition coefficient (Wildman–Crippen LogP) is 4.13. The summed E-state index contributed by atoms with van der Waals surface area (Å²) in [5.74, 6) is 0.324. The number of nitrogens with zero attached hydrogens (tertiary/aromatic N) is 3. The normalized spacial score (nSPS) is 29.0. The number of nitrogens with one attached hydrogen (secondary N) is 1. The molecule has 6 heterocycles. The first kappa shape index (κ1) is 35.0. The van der Waals surface area contributed by atoms with Gasteiger partial charge in [0, 0.05) is 53.9 Å². The first-order valence-corrected chi connectivity index (χ1v) is 17.9. The van der Waals surface area contributed by atoms with Crippen LogP contribution in [0.15, 0.2) is 6.07 Å². The summed E-state index contributed by atoms with van der Waals surface area (Å²) in [6.07, 6.45) is -0.511. The molecule has 0 aromatic heterocycles. The number of esters is 2. The average molecular weight is 723 g/mol. The van der Waals surface area contributed by atoms with Crippen LogP contribution in [0.1, 0.15) is 78.4 Å². The SMILES string of the molecule is COc1c(C)cc2c(c1O)[C@H]1C3[C@@H]4SCC(NC(=O)OC(C)(C)C)C(=O)OC[C@@H](c5c6c(c(C)c(OC(C)=O)c54)OCO6)N3C(C#N)(C2)CN1C. The van der Waals surface area contributed by atoms with E-state index in [0.29, 0.717) is 51.8 Å². The summed E-state index contributed by atoms with van der Waals surface area (Å²) in [5.41, 5.74) is 2.01. The third-order valence-corrected chi connectivity index (χ3v) is 11.7. The first-order valence-electron chi connectivity index (χ1n) is 16.8. The van der Waals surface area contributed by atoms with Crippen molar-refractivity contribution in [1.82, 2.24) is 15.1 Å². The van der Waals surface area contributed by atoms with Gasteiger partial charge in [0.05, 0.1) is 30.5 Å². The van der Waals surface area contributed by atoms with Crippen LogP contribution < -0.4 is 24.3 Å². The molecule has 1 amide bonds. The number of phenols is 1. The van der Waals surface area contributed by atoms with Crippen LogP contribution >= 0.6 is 11.8 Å². The third kappa shape index (κ3) is 5.50. The van der Waals surface area contributed by atoms with Crippen LogP contribution in [-0.4, -0.2) is 96.0 Å². The van der Waals surface area contributed by atoms with Crippen LogP contribution in [0.4, 0.5) is 4.79 Å². The largest absolute Gasteiger partial charge is 0.504 e. The number of likely N-dealkylation sites (N-methyl/N-ethyl adjacent to an activating group) is 1. The maximum Gasteiger partial charge on any atom is 0.408 e. The van der Waals surface area contributed by atoms with Crippen molar-refractivity contribution in [3.05, 3.63) is 39.4 Å². The van der Waals surface area contributed by atoms with E-state index < -0.39 is 58.6 Å². The highest BCUT2D eigenvalue weighted by atomic mass is 32.2. The highest BCUT2D eigenvalue weighted by molar-refractivity contribution is 7.99. The second kappa shape index (κ2) is 12.4. The molecule has 2 saturated heterocycles. The van der Waals surface area contributed by atoms with E-state index in [0.717, 1.165) is 11.1 Å². The van der Waals surface area contributed by atoms with Crippen molar-refractivity contribution >= 4 is 29.8 Å². The van der Waals surface area contributed by atoms with E-state index in [4.69, 9.17) is 28.4 Å². The number of rotatable bonds is 3. The molecular weight excluding hydrogens is 680 g/mol. The summed E-state index contributed by atoms with van der Waals surface area (Å²) in [6, 6.07) is 1.69. The summed E-state index contributed by atoms with van der Waals surface area (Å²) in [4.78, 5) is 43.7. The fourth-order valence-corrected chi connectivity index (χ4v) is 10.1. The quantitative estimate of drug-likeness (QED) is 0.343. The molecule has 6 aliphatic heterocycles. The van der Waals surface area contributed by atoms with Crippen LogP contribution in [-0.2, 0) is 25.5 Å². The Balaban J connectivity index is 1.50. The number of fused-ring (bicyclic) bond motifs is 6. The minimum atomic E-state index is -1.17. The zero-order valence-electron chi connectivity index (χ0n) is 29.9. The summed E-state index contributed by atoms with van der Waals surface area (Å²) in [7, 11) is 3.44. The molecule has 2 aromatic carbocycles. The number of alkyl carbamates (subject to hydrolysis) is 1. The van der Waals surface area contributed by atoms with Gasteiger partial charge < -0.3 is 38.8 Å². The zero-order chi connectivity index (χ0) is 36.7. The van der Waals surface area contributed by atoms with E-state index in [2.05, 4.69) is 21.2 Å². The summed E-state index contributed by atoms with van der Waals surface area (Å²) in [6.45, 7) is 10.2. The van der Waals surface area contributed by atoms with Gasteiger partial charge in [-0.05, 0) is 52.8 Å². The number of methoxy groups -OCH3 is 1. The van der Waals surface area contributed by atoms with Gasteiger partial charge in [0.2, 0.25) is 6.79 Å². The van der Waals surface area contributed by atoms with Gasteiger partial charge in [-0.2, -0.15) is 5.26 Å². The molecule has 4 bridgehead atoms. The number of hydrogen-bond acceptors (Lipinski definition) is 14. The van der Waals surface area contributed by atoms with Gasteiger partial charge in [0.25, 0.3) is 0 Å². The lowest BCUT2D eigenvalue weighted by Crippen LogP contribution is -2.69. The lowest BCUT2D eigenvalue weighted by molar-refractivity contribution is -0.152. The molecule has 2 N–H and O–H groups in total. The molecule has 2 aromatic rings. The lowest BCUT2D eigenvalue weighted by atomic mass is 9.76. The molecule has 14 nitrogen and oxygen atoms in total. The number of carbonyl (C=O) groups is 3. The number of piperazine rings is 1. The molecule has 0 saturated carbocycles. The number of ether oxygens (including phenoxy) is 6. The Morgan fingerprint density at radius 1 is 1.14 bits per heavy atom. The number of amides is 1. The van der Waals surface area contributed by atoms with Crippen LogP contribution in [0.25, 0.3) is 0 Å². The molecular formula is C36H42N4O10S. The van der Waals surface area contributed by atoms with Crippen molar-refractivity contribution in [3.8, 4) is 34.8 Å². The van der Waals surface area contributed by atoms with Crippen molar-refractivity contribution in [2.45, 2.75) is 88.5 Å². The van der Waals surface area contributed by atoms with Crippen molar-refractivity contribution in [1.29, 1.82) is 5.26 Å². The van der Waals surface area contributed by atoms with Crippen molar-refractivity contribution in [3.63, 3.8) is 0 Å². The van der Waals surface area contributed by atoms with Crippen LogP contribution in [0.2, 0.25) is 0 Å².